The van der Waals surface area contributed by atoms with Crippen molar-refractivity contribution in [2.45, 2.75) is 44.9 Å². The summed E-state index contributed by atoms with van der Waals surface area (Å²) in [6.07, 6.45) is 8.10. The first-order valence-corrected chi connectivity index (χ1v) is 9.91. The first-order chi connectivity index (χ1) is 13.2. The van der Waals surface area contributed by atoms with Gasteiger partial charge < -0.3 is 9.84 Å². The van der Waals surface area contributed by atoms with Crippen molar-refractivity contribution in [2.24, 2.45) is 5.92 Å². The van der Waals surface area contributed by atoms with Crippen LogP contribution in [0.15, 0.2) is 48.0 Å². The van der Waals surface area contributed by atoms with Crippen LogP contribution >= 0.6 is 0 Å². The Morgan fingerprint density at radius 3 is 2.44 bits per heavy atom. The summed E-state index contributed by atoms with van der Waals surface area (Å²) in [6, 6.07) is 12.7. The van der Waals surface area contributed by atoms with Crippen LogP contribution < -0.4 is 4.74 Å². The van der Waals surface area contributed by atoms with Crippen LogP contribution in [-0.2, 0) is 6.42 Å². The summed E-state index contributed by atoms with van der Waals surface area (Å²) in [7, 11) is 1.68. The van der Waals surface area contributed by atoms with Crippen molar-refractivity contribution < 1.29 is 14.6 Å². The molecule has 0 atom stereocenters. The van der Waals surface area contributed by atoms with Gasteiger partial charge in [-0.2, -0.15) is 0 Å². The number of rotatable bonds is 4. The molecule has 0 radical (unpaired) electrons. The van der Waals surface area contributed by atoms with Gasteiger partial charge in [-0.1, -0.05) is 30.9 Å². The second-order valence-electron chi connectivity index (χ2n) is 7.63. The van der Waals surface area contributed by atoms with E-state index in [-0.39, 0.29) is 11.5 Å². The van der Waals surface area contributed by atoms with Crippen molar-refractivity contribution in [1.29, 1.82) is 0 Å². The number of phenolic OH excluding ortho intramolecular Hbond substituents is 1. The third-order valence-electron chi connectivity index (χ3n) is 6.02. The van der Waals surface area contributed by atoms with Crippen LogP contribution in [0.2, 0.25) is 0 Å². The summed E-state index contributed by atoms with van der Waals surface area (Å²) in [4.78, 5) is 13.5. The highest BCUT2D eigenvalue weighted by molar-refractivity contribution is 6.30. The van der Waals surface area contributed by atoms with Crippen LogP contribution in [-0.4, -0.2) is 18.0 Å². The van der Waals surface area contributed by atoms with E-state index in [1.165, 1.54) is 43.2 Å². The highest BCUT2D eigenvalue weighted by atomic mass is 16.5. The molecule has 0 amide bonds. The molecule has 0 bridgehead atoms. The van der Waals surface area contributed by atoms with E-state index in [9.17, 15) is 9.90 Å². The van der Waals surface area contributed by atoms with Gasteiger partial charge in [-0.05, 0) is 79.1 Å². The Kier molecular flexibility index (Phi) is 5.02. The van der Waals surface area contributed by atoms with Gasteiger partial charge in [0.25, 0.3) is 0 Å². The predicted octanol–water partition coefficient (Wildman–Crippen LogP) is 5.56. The molecule has 0 aliphatic heterocycles. The molecule has 4 rings (SSSR count). The van der Waals surface area contributed by atoms with Crippen LogP contribution in [0.1, 0.15) is 60.0 Å². The normalized spacial score (nSPS) is 17.5. The van der Waals surface area contributed by atoms with E-state index in [2.05, 4.69) is 6.07 Å². The number of carbonyl (C=O) groups excluding carboxylic acids is 1. The number of hydrogen-bond donors (Lipinski definition) is 1. The molecule has 140 valence electrons. The van der Waals surface area contributed by atoms with Gasteiger partial charge >= 0.3 is 0 Å². The lowest BCUT2D eigenvalue weighted by Gasteiger charge is -2.31. The number of allylic oxidation sites excluding steroid dienone is 2. The van der Waals surface area contributed by atoms with E-state index in [1.54, 1.807) is 31.4 Å². The average molecular weight is 362 g/mol. The first-order valence-electron chi connectivity index (χ1n) is 9.91. The number of Topliss-reactive ketones (excluding diaryl/α,β-unsaturated/α-hetero) is 1. The summed E-state index contributed by atoms with van der Waals surface area (Å²) in [5.41, 5.74) is 5.11. The van der Waals surface area contributed by atoms with Crippen molar-refractivity contribution in [1.82, 2.24) is 0 Å². The third kappa shape index (κ3) is 3.51. The van der Waals surface area contributed by atoms with Crippen molar-refractivity contribution in [3.05, 3.63) is 64.7 Å². The van der Waals surface area contributed by atoms with Crippen LogP contribution in [0.25, 0.3) is 5.57 Å². The summed E-state index contributed by atoms with van der Waals surface area (Å²) in [5, 5.41) is 9.58. The number of methoxy groups -OCH3 is 1. The largest absolute Gasteiger partial charge is 0.508 e. The Balaban J connectivity index is 1.83. The standard InChI is InChI=1S/C24H26O3/c1-27-20-12-14-22-18(15-20)9-13-21(16-5-3-2-4-6-16)23(22)24(26)17-7-10-19(25)11-8-17/h7-8,10-12,14-16,25H,2-6,9,13H2,1H3. The first kappa shape index (κ1) is 17.8. The Morgan fingerprint density at radius 2 is 1.74 bits per heavy atom. The lowest BCUT2D eigenvalue weighted by Crippen LogP contribution is -2.19. The average Bonchev–Trinajstić information content (AvgIpc) is 2.73. The molecule has 27 heavy (non-hydrogen) atoms. The highest BCUT2D eigenvalue weighted by Crippen LogP contribution is 2.42. The van der Waals surface area contributed by atoms with E-state index >= 15 is 0 Å². The maximum Gasteiger partial charge on any atom is 0.193 e. The molecule has 0 aromatic heterocycles. The minimum atomic E-state index is 0.0710. The summed E-state index contributed by atoms with van der Waals surface area (Å²) < 4.78 is 5.39. The molecule has 2 aliphatic carbocycles. The number of fused-ring (bicyclic) bond motifs is 1. The van der Waals surface area contributed by atoms with Crippen LogP contribution in [0, 0.1) is 5.92 Å². The van der Waals surface area contributed by atoms with Crippen LogP contribution in [0.4, 0.5) is 0 Å². The Morgan fingerprint density at radius 1 is 1.00 bits per heavy atom. The van der Waals surface area contributed by atoms with Crippen molar-refractivity contribution >= 4 is 11.4 Å². The zero-order chi connectivity index (χ0) is 18.8. The molecule has 0 heterocycles. The van der Waals surface area contributed by atoms with E-state index < -0.39 is 0 Å². The lowest BCUT2D eigenvalue weighted by molar-refractivity contribution is 0.105. The van der Waals surface area contributed by atoms with E-state index in [0.717, 1.165) is 29.7 Å². The van der Waals surface area contributed by atoms with E-state index in [1.807, 2.05) is 12.1 Å². The molecule has 3 heteroatoms. The summed E-state index contributed by atoms with van der Waals surface area (Å²) in [6.45, 7) is 0. The van der Waals surface area contributed by atoms with Gasteiger partial charge in [0, 0.05) is 11.1 Å². The number of ether oxygens (including phenoxy) is 1. The molecule has 0 unspecified atom stereocenters. The molecule has 1 N–H and O–H groups in total. The van der Waals surface area contributed by atoms with E-state index in [4.69, 9.17) is 4.74 Å². The zero-order valence-corrected chi connectivity index (χ0v) is 15.8. The van der Waals surface area contributed by atoms with Gasteiger partial charge in [-0.25, -0.2) is 0 Å². The fraction of sp³-hybridized carbons (Fsp3) is 0.375. The van der Waals surface area contributed by atoms with Gasteiger partial charge in [0.2, 0.25) is 0 Å². The molecule has 1 fully saturated rings. The fourth-order valence-corrected chi connectivity index (χ4v) is 4.60. The monoisotopic (exact) mass is 362 g/mol. The second-order valence-corrected chi connectivity index (χ2v) is 7.63. The van der Waals surface area contributed by atoms with Crippen LogP contribution in [0.5, 0.6) is 11.5 Å². The zero-order valence-electron chi connectivity index (χ0n) is 15.8. The summed E-state index contributed by atoms with van der Waals surface area (Å²) in [5.74, 6) is 1.61. The number of benzene rings is 2. The smallest absolute Gasteiger partial charge is 0.193 e. The number of hydrogen-bond acceptors (Lipinski definition) is 3. The molecule has 2 aliphatic rings. The summed E-state index contributed by atoms with van der Waals surface area (Å²) >= 11 is 0. The maximum absolute atomic E-state index is 13.5. The number of aromatic hydroxyl groups is 1. The highest BCUT2D eigenvalue weighted by Gasteiger charge is 2.30. The van der Waals surface area contributed by atoms with E-state index in [0.29, 0.717) is 11.5 Å². The molecular weight excluding hydrogens is 336 g/mol. The van der Waals surface area contributed by atoms with Crippen molar-refractivity contribution in [3.8, 4) is 11.5 Å². The van der Waals surface area contributed by atoms with Gasteiger partial charge in [0.1, 0.15) is 11.5 Å². The lowest BCUT2D eigenvalue weighted by atomic mass is 9.73. The molecule has 2 aromatic carbocycles. The minimum Gasteiger partial charge on any atom is -0.508 e. The van der Waals surface area contributed by atoms with Gasteiger partial charge in [-0.3, -0.25) is 4.79 Å². The van der Waals surface area contributed by atoms with Crippen LogP contribution in [0.3, 0.4) is 0 Å². The van der Waals surface area contributed by atoms with Gasteiger partial charge in [-0.15, -0.1) is 0 Å². The maximum atomic E-state index is 13.5. The van der Waals surface area contributed by atoms with Gasteiger partial charge in [0.15, 0.2) is 5.78 Å². The quantitative estimate of drug-likeness (QED) is 0.724. The Hall–Kier alpha value is -2.55. The molecule has 0 saturated heterocycles. The number of phenols is 1. The number of carbonyl (C=O) groups is 1. The molecule has 1 saturated carbocycles. The second kappa shape index (κ2) is 7.59. The third-order valence-corrected chi connectivity index (χ3v) is 6.02. The fourth-order valence-electron chi connectivity index (χ4n) is 4.60. The van der Waals surface area contributed by atoms with Crippen molar-refractivity contribution in [2.75, 3.05) is 7.11 Å². The number of aryl methyl sites for hydroxylation is 1. The number of ketones is 1. The Labute approximate surface area is 160 Å². The molecule has 3 nitrogen and oxygen atoms in total. The SMILES string of the molecule is COc1ccc2c(c1)CCC(C1CCCCC1)=C2C(=O)c1ccc(O)cc1. The Bertz CT molecular complexity index is 871. The molecule has 0 spiro atoms. The van der Waals surface area contributed by atoms with Gasteiger partial charge in [0.05, 0.1) is 7.11 Å². The van der Waals surface area contributed by atoms with Crippen molar-refractivity contribution in [3.63, 3.8) is 0 Å². The topological polar surface area (TPSA) is 46.5 Å². The molecule has 2 aromatic rings. The molecular formula is C24H26O3. The minimum absolute atomic E-state index is 0.0710. The predicted molar refractivity (Wildman–Crippen MR) is 107 cm³/mol.